The Morgan fingerprint density at radius 2 is 2.00 bits per heavy atom. The van der Waals surface area contributed by atoms with Crippen LogP contribution < -0.4 is 5.32 Å². The molecule has 112 valence electrons. The lowest BCUT2D eigenvalue weighted by Crippen LogP contribution is -2.25. The molecule has 0 saturated carbocycles. The van der Waals surface area contributed by atoms with E-state index in [-0.39, 0.29) is 11.7 Å². The summed E-state index contributed by atoms with van der Waals surface area (Å²) in [5, 5.41) is 14.1. The normalized spacial score (nSPS) is 12.7. The molecule has 0 spiro atoms. The van der Waals surface area contributed by atoms with E-state index in [0.29, 0.717) is 18.0 Å². The average Bonchev–Trinajstić information content (AvgIpc) is 2.35. The molecule has 5 heteroatoms. The minimum absolute atomic E-state index is 0.0340. The molecule has 1 aromatic carbocycles. The number of nitro benzene ring substituents is 1. The van der Waals surface area contributed by atoms with Gasteiger partial charge in [0.05, 0.1) is 4.92 Å². The number of rotatable bonds is 8. The number of halogens is 1. The molecule has 0 radical (unpaired) electrons. The number of benzene rings is 1. The van der Waals surface area contributed by atoms with E-state index in [4.69, 9.17) is 0 Å². The highest BCUT2D eigenvalue weighted by molar-refractivity contribution is 5.40. The van der Waals surface area contributed by atoms with Crippen molar-refractivity contribution in [2.45, 2.75) is 52.6 Å². The molecule has 4 nitrogen and oxygen atoms in total. The Bertz CT molecular complexity index is 449. The second-order valence-corrected chi connectivity index (χ2v) is 5.64. The highest BCUT2D eigenvalue weighted by Crippen LogP contribution is 2.19. The lowest BCUT2D eigenvalue weighted by molar-refractivity contribution is -0.385. The summed E-state index contributed by atoms with van der Waals surface area (Å²) in [6.45, 7) is 6.74. The first-order chi connectivity index (χ1) is 9.40. The first-order valence-corrected chi connectivity index (χ1v) is 7.06. The molecule has 1 atom stereocenters. The predicted molar refractivity (Wildman–Crippen MR) is 78.0 cm³/mol. The topological polar surface area (TPSA) is 55.2 Å². The summed E-state index contributed by atoms with van der Waals surface area (Å²) in [5.74, 6) is 0.242. The molecule has 0 saturated heterocycles. The molecule has 1 rings (SSSR count). The zero-order valence-corrected chi connectivity index (χ0v) is 12.4. The van der Waals surface area contributed by atoms with E-state index in [2.05, 4.69) is 19.2 Å². The summed E-state index contributed by atoms with van der Waals surface area (Å²) in [6.07, 6.45) is 3.31. The Hall–Kier alpha value is -1.49. The van der Waals surface area contributed by atoms with Crippen molar-refractivity contribution in [2.75, 3.05) is 0 Å². The first-order valence-electron chi connectivity index (χ1n) is 7.06. The summed E-state index contributed by atoms with van der Waals surface area (Å²) in [4.78, 5) is 10.4. The van der Waals surface area contributed by atoms with E-state index in [1.807, 2.05) is 6.92 Å². The van der Waals surface area contributed by atoms with E-state index in [1.165, 1.54) is 18.6 Å². The van der Waals surface area contributed by atoms with Crippen molar-refractivity contribution in [3.8, 4) is 0 Å². The molecule has 0 aliphatic heterocycles. The van der Waals surface area contributed by atoms with E-state index >= 15 is 0 Å². The maximum atomic E-state index is 13.2. The molecule has 1 N–H and O–H groups in total. The van der Waals surface area contributed by atoms with Crippen LogP contribution in [0.4, 0.5) is 10.1 Å². The Morgan fingerprint density at radius 3 is 2.60 bits per heavy atom. The van der Waals surface area contributed by atoms with Crippen molar-refractivity contribution in [1.29, 1.82) is 0 Å². The summed E-state index contributed by atoms with van der Waals surface area (Å²) in [7, 11) is 0. The smallest absolute Gasteiger partial charge is 0.274 e. The van der Waals surface area contributed by atoms with Crippen molar-refractivity contribution < 1.29 is 9.31 Å². The van der Waals surface area contributed by atoms with Crippen LogP contribution in [0.5, 0.6) is 0 Å². The van der Waals surface area contributed by atoms with Crippen LogP contribution in [0.25, 0.3) is 0 Å². The van der Waals surface area contributed by atoms with E-state index in [0.717, 1.165) is 18.9 Å². The standard InChI is InChI=1S/C15H23FN2O2/c1-11(2)5-4-6-12(3)17-10-13-9-14(16)7-8-15(13)18(19)20/h7-9,11-12,17H,4-6,10H2,1-3H3. The van der Waals surface area contributed by atoms with Gasteiger partial charge in [-0.15, -0.1) is 0 Å². The van der Waals surface area contributed by atoms with E-state index < -0.39 is 10.7 Å². The minimum atomic E-state index is -0.472. The van der Waals surface area contributed by atoms with Crippen LogP contribution in [0.1, 0.15) is 45.6 Å². The van der Waals surface area contributed by atoms with Gasteiger partial charge in [-0.25, -0.2) is 4.39 Å². The van der Waals surface area contributed by atoms with Crippen molar-refractivity contribution in [2.24, 2.45) is 5.92 Å². The van der Waals surface area contributed by atoms with Crippen LogP contribution in [0.15, 0.2) is 18.2 Å². The molecular formula is C15H23FN2O2. The van der Waals surface area contributed by atoms with Crippen LogP contribution in [0.2, 0.25) is 0 Å². The summed E-state index contributed by atoms with van der Waals surface area (Å²) in [6, 6.07) is 3.83. The van der Waals surface area contributed by atoms with Crippen molar-refractivity contribution in [1.82, 2.24) is 5.32 Å². The maximum absolute atomic E-state index is 13.2. The number of nitrogens with zero attached hydrogens (tertiary/aromatic N) is 1. The monoisotopic (exact) mass is 282 g/mol. The van der Waals surface area contributed by atoms with Gasteiger partial charge >= 0.3 is 0 Å². The fourth-order valence-electron chi connectivity index (χ4n) is 2.09. The van der Waals surface area contributed by atoms with Gasteiger partial charge in [-0.1, -0.05) is 26.7 Å². The van der Waals surface area contributed by atoms with E-state index in [1.54, 1.807) is 0 Å². The molecule has 1 unspecified atom stereocenters. The fourth-order valence-corrected chi connectivity index (χ4v) is 2.09. The summed E-state index contributed by atoms with van der Waals surface area (Å²) >= 11 is 0. The van der Waals surface area contributed by atoms with Gasteiger partial charge in [-0.05, 0) is 31.4 Å². The van der Waals surface area contributed by atoms with Crippen LogP contribution in [0, 0.1) is 21.8 Å². The molecule has 0 amide bonds. The molecule has 0 heterocycles. The van der Waals surface area contributed by atoms with Gasteiger partial charge in [0.1, 0.15) is 5.82 Å². The van der Waals surface area contributed by atoms with Crippen molar-refractivity contribution in [3.05, 3.63) is 39.7 Å². The Labute approximate surface area is 119 Å². The Kier molecular flexibility index (Phi) is 6.58. The van der Waals surface area contributed by atoms with Gasteiger partial charge in [0, 0.05) is 24.2 Å². The van der Waals surface area contributed by atoms with Crippen LogP contribution in [-0.4, -0.2) is 11.0 Å². The van der Waals surface area contributed by atoms with Crippen molar-refractivity contribution in [3.63, 3.8) is 0 Å². The second kappa shape index (κ2) is 7.94. The molecule has 0 aromatic heterocycles. The van der Waals surface area contributed by atoms with Crippen LogP contribution in [-0.2, 0) is 6.54 Å². The van der Waals surface area contributed by atoms with Gasteiger partial charge in [-0.2, -0.15) is 0 Å². The van der Waals surface area contributed by atoms with Crippen molar-refractivity contribution >= 4 is 5.69 Å². The van der Waals surface area contributed by atoms with Gasteiger partial charge in [0.15, 0.2) is 0 Å². The number of hydrogen-bond donors (Lipinski definition) is 1. The largest absolute Gasteiger partial charge is 0.310 e. The number of nitrogens with one attached hydrogen (secondary N) is 1. The van der Waals surface area contributed by atoms with Crippen LogP contribution >= 0.6 is 0 Å². The molecule has 0 aliphatic carbocycles. The van der Waals surface area contributed by atoms with Crippen LogP contribution in [0.3, 0.4) is 0 Å². The zero-order valence-electron chi connectivity index (χ0n) is 12.4. The third kappa shape index (κ3) is 5.65. The highest BCUT2D eigenvalue weighted by atomic mass is 19.1. The fraction of sp³-hybridized carbons (Fsp3) is 0.600. The summed E-state index contributed by atoms with van der Waals surface area (Å²) < 4.78 is 13.2. The lowest BCUT2D eigenvalue weighted by atomic mass is 10.0. The lowest BCUT2D eigenvalue weighted by Gasteiger charge is -2.14. The molecule has 0 bridgehead atoms. The average molecular weight is 282 g/mol. The predicted octanol–water partition coefficient (Wildman–Crippen LogP) is 4.04. The van der Waals surface area contributed by atoms with E-state index in [9.17, 15) is 14.5 Å². The molecule has 1 aromatic rings. The maximum Gasteiger partial charge on any atom is 0.274 e. The second-order valence-electron chi connectivity index (χ2n) is 5.64. The molecule has 0 fully saturated rings. The number of hydrogen-bond acceptors (Lipinski definition) is 3. The summed E-state index contributed by atoms with van der Waals surface area (Å²) in [5.41, 5.74) is 0.360. The number of nitro groups is 1. The zero-order chi connectivity index (χ0) is 15.1. The van der Waals surface area contributed by atoms with Gasteiger partial charge in [-0.3, -0.25) is 10.1 Å². The highest BCUT2D eigenvalue weighted by Gasteiger charge is 2.14. The quantitative estimate of drug-likeness (QED) is 0.578. The first kappa shape index (κ1) is 16.6. The Morgan fingerprint density at radius 1 is 1.30 bits per heavy atom. The van der Waals surface area contributed by atoms with Gasteiger partial charge in [0.25, 0.3) is 5.69 Å². The molecular weight excluding hydrogens is 259 g/mol. The molecule has 20 heavy (non-hydrogen) atoms. The third-order valence-corrected chi connectivity index (χ3v) is 3.30. The van der Waals surface area contributed by atoms with Gasteiger partial charge in [0.2, 0.25) is 0 Å². The minimum Gasteiger partial charge on any atom is -0.310 e. The van der Waals surface area contributed by atoms with Gasteiger partial charge < -0.3 is 5.32 Å². The third-order valence-electron chi connectivity index (χ3n) is 3.30. The molecule has 0 aliphatic rings. The Balaban J connectivity index is 2.52. The SMILES string of the molecule is CC(C)CCCC(C)NCc1cc(F)ccc1[N+](=O)[O-].